The molecule has 0 spiro atoms. The SMILES string of the molecule is C=C(N)NC(C(=O)NC(C)C(=O)Nc1ccc(CC)cc1)C(C)C. The minimum absolute atomic E-state index is 0.00199. The number of hydrogen-bond acceptors (Lipinski definition) is 4. The first-order valence-corrected chi connectivity index (χ1v) is 8.15. The molecule has 5 N–H and O–H groups in total. The molecule has 0 saturated carbocycles. The zero-order valence-corrected chi connectivity index (χ0v) is 14.8. The number of benzene rings is 1. The Labute approximate surface area is 143 Å². The Kier molecular flexibility index (Phi) is 7.30. The quantitative estimate of drug-likeness (QED) is 0.583. The van der Waals surface area contributed by atoms with Gasteiger partial charge in [0, 0.05) is 5.69 Å². The van der Waals surface area contributed by atoms with E-state index in [-0.39, 0.29) is 23.6 Å². The van der Waals surface area contributed by atoms with Crippen LogP contribution in [-0.2, 0) is 16.0 Å². The van der Waals surface area contributed by atoms with Gasteiger partial charge >= 0.3 is 0 Å². The van der Waals surface area contributed by atoms with E-state index in [1.807, 2.05) is 38.1 Å². The molecule has 0 bridgehead atoms. The molecule has 2 unspecified atom stereocenters. The van der Waals surface area contributed by atoms with E-state index in [9.17, 15) is 9.59 Å². The van der Waals surface area contributed by atoms with Crippen LogP contribution in [0.3, 0.4) is 0 Å². The fraction of sp³-hybridized carbons (Fsp3) is 0.444. The van der Waals surface area contributed by atoms with Gasteiger partial charge in [-0.15, -0.1) is 0 Å². The molecule has 0 heterocycles. The molecule has 2 atom stereocenters. The molecule has 0 aliphatic carbocycles. The van der Waals surface area contributed by atoms with Crippen LogP contribution in [0.2, 0.25) is 0 Å². The first kappa shape index (κ1) is 19.5. The number of carbonyl (C=O) groups excluding carboxylic acids is 2. The normalized spacial score (nSPS) is 13.0. The molecule has 0 aromatic heterocycles. The Balaban J connectivity index is 2.64. The standard InChI is InChI=1S/C18H28N4O2/c1-6-14-7-9-15(10-8-14)22-17(23)12(4)20-18(24)16(11(2)3)21-13(5)19/h7-12,16,21H,5-6,19H2,1-4H3,(H,20,24)(H,22,23). The molecular weight excluding hydrogens is 304 g/mol. The highest BCUT2D eigenvalue weighted by Gasteiger charge is 2.25. The molecule has 0 fully saturated rings. The van der Waals surface area contributed by atoms with E-state index >= 15 is 0 Å². The molecule has 24 heavy (non-hydrogen) atoms. The molecule has 1 aromatic rings. The summed E-state index contributed by atoms with van der Waals surface area (Å²) in [5.74, 6) is -0.346. The number of aryl methyl sites for hydroxylation is 1. The van der Waals surface area contributed by atoms with Crippen LogP contribution in [-0.4, -0.2) is 23.9 Å². The maximum Gasteiger partial charge on any atom is 0.246 e. The van der Waals surface area contributed by atoms with Crippen molar-refractivity contribution in [2.75, 3.05) is 5.32 Å². The average molecular weight is 332 g/mol. The third-order valence-electron chi connectivity index (χ3n) is 3.67. The Morgan fingerprint density at radius 2 is 1.67 bits per heavy atom. The van der Waals surface area contributed by atoms with Crippen LogP contribution in [0.5, 0.6) is 0 Å². The number of amides is 2. The molecule has 0 aliphatic rings. The molecule has 1 aromatic carbocycles. The lowest BCUT2D eigenvalue weighted by atomic mass is 10.0. The predicted octanol–water partition coefficient (Wildman–Crippen LogP) is 1.74. The van der Waals surface area contributed by atoms with Crippen molar-refractivity contribution in [2.24, 2.45) is 11.7 Å². The van der Waals surface area contributed by atoms with Gasteiger partial charge in [0.2, 0.25) is 11.8 Å². The molecular formula is C18H28N4O2. The van der Waals surface area contributed by atoms with Crippen molar-refractivity contribution in [2.45, 2.75) is 46.2 Å². The lowest BCUT2D eigenvalue weighted by Gasteiger charge is -2.24. The third-order valence-corrected chi connectivity index (χ3v) is 3.67. The third kappa shape index (κ3) is 5.95. The van der Waals surface area contributed by atoms with Gasteiger partial charge < -0.3 is 21.7 Å². The van der Waals surface area contributed by atoms with Gasteiger partial charge in [-0.25, -0.2) is 0 Å². The first-order valence-electron chi connectivity index (χ1n) is 8.15. The van der Waals surface area contributed by atoms with Gasteiger partial charge in [-0.05, 0) is 37.0 Å². The highest BCUT2D eigenvalue weighted by Crippen LogP contribution is 2.10. The Morgan fingerprint density at radius 1 is 1.08 bits per heavy atom. The second kappa shape index (κ2) is 8.96. The maximum absolute atomic E-state index is 12.3. The zero-order valence-electron chi connectivity index (χ0n) is 14.8. The summed E-state index contributed by atoms with van der Waals surface area (Å²) < 4.78 is 0. The van der Waals surface area contributed by atoms with Crippen molar-refractivity contribution in [3.8, 4) is 0 Å². The minimum Gasteiger partial charge on any atom is -0.386 e. The van der Waals surface area contributed by atoms with Crippen LogP contribution in [0.4, 0.5) is 5.69 Å². The van der Waals surface area contributed by atoms with Gasteiger partial charge in [-0.3, -0.25) is 9.59 Å². The Morgan fingerprint density at radius 3 is 2.12 bits per heavy atom. The summed E-state index contributed by atoms with van der Waals surface area (Å²) in [7, 11) is 0. The van der Waals surface area contributed by atoms with Crippen LogP contribution in [0.1, 0.15) is 33.3 Å². The summed E-state index contributed by atoms with van der Waals surface area (Å²) >= 11 is 0. The zero-order chi connectivity index (χ0) is 18.3. The Bertz CT molecular complexity index is 581. The van der Waals surface area contributed by atoms with Crippen molar-refractivity contribution in [1.82, 2.24) is 10.6 Å². The molecule has 1 rings (SSSR count). The minimum atomic E-state index is -0.669. The van der Waals surface area contributed by atoms with E-state index in [4.69, 9.17) is 5.73 Å². The van der Waals surface area contributed by atoms with E-state index in [1.54, 1.807) is 6.92 Å². The van der Waals surface area contributed by atoms with Crippen molar-refractivity contribution in [3.05, 3.63) is 42.2 Å². The smallest absolute Gasteiger partial charge is 0.246 e. The molecule has 2 amide bonds. The first-order chi connectivity index (χ1) is 11.2. The average Bonchev–Trinajstić information content (AvgIpc) is 2.52. The number of anilines is 1. The van der Waals surface area contributed by atoms with Crippen molar-refractivity contribution in [3.63, 3.8) is 0 Å². The van der Waals surface area contributed by atoms with Crippen LogP contribution in [0.25, 0.3) is 0 Å². The van der Waals surface area contributed by atoms with Crippen LogP contribution in [0.15, 0.2) is 36.7 Å². The van der Waals surface area contributed by atoms with E-state index in [0.29, 0.717) is 5.69 Å². The monoisotopic (exact) mass is 332 g/mol. The lowest BCUT2D eigenvalue weighted by molar-refractivity contribution is -0.128. The summed E-state index contributed by atoms with van der Waals surface area (Å²) in [4.78, 5) is 24.5. The van der Waals surface area contributed by atoms with Crippen molar-refractivity contribution >= 4 is 17.5 Å². The summed E-state index contributed by atoms with van der Waals surface area (Å²) in [6.45, 7) is 11.0. The number of nitrogens with two attached hydrogens (primary N) is 1. The number of nitrogens with one attached hydrogen (secondary N) is 3. The summed E-state index contributed by atoms with van der Waals surface area (Å²) in [5.41, 5.74) is 7.42. The van der Waals surface area contributed by atoms with Gasteiger partial charge in [0.25, 0.3) is 0 Å². The molecule has 6 heteroatoms. The maximum atomic E-state index is 12.3. The van der Waals surface area contributed by atoms with Gasteiger partial charge in [-0.1, -0.05) is 39.5 Å². The number of hydrogen-bond donors (Lipinski definition) is 4. The predicted molar refractivity (Wildman–Crippen MR) is 97.1 cm³/mol. The van der Waals surface area contributed by atoms with Gasteiger partial charge in [0.05, 0.1) is 5.82 Å². The fourth-order valence-corrected chi connectivity index (χ4v) is 2.18. The second-order valence-corrected chi connectivity index (χ2v) is 6.16. The van der Waals surface area contributed by atoms with Gasteiger partial charge in [-0.2, -0.15) is 0 Å². The van der Waals surface area contributed by atoms with Crippen LogP contribution < -0.4 is 21.7 Å². The molecule has 0 aliphatic heterocycles. The second-order valence-electron chi connectivity index (χ2n) is 6.16. The van der Waals surface area contributed by atoms with E-state index < -0.39 is 12.1 Å². The van der Waals surface area contributed by atoms with Crippen LogP contribution >= 0.6 is 0 Å². The Hall–Kier alpha value is -2.50. The summed E-state index contributed by atoms with van der Waals surface area (Å²) in [5, 5.41) is 8.32. The van der Waals surface area contributed by atoms with Crippen LogP contribution in [0, 0.1) is 5.92 Å². The number of carbonyl (C=O) groups is 2. The van der Waals surface area contributed by atoms with Crippen molar-refractivity contribution in [1.29, 1.82) is 0 Å². The van der Waals surface area contributed by atoms with E-state index in [2.05, 4.69) is 29.5 Å². The molecule has 0 radical (unpaired) electrons. The largest absolute Gasteiger partial charge is 0.386 e. The van der Waals surface area contributed by atoms with Gasteiger partial charge in [0.15, 0.2) is 0 Å². The lowest BCUT2D eigenvalue weighted by Crippen LogP contribution is -2.52. The molecule has 132 valence electrons. The van der Waals surface area contributed by atoms with E-state index in [1.165, 1.54) is 5.56 Å². The summed E-state index contributed by atoms with van der Waals surface area (Å²) in [6, 6.07) is 6.41. The summed E-state index contributed by atoms with van der Waals surface area (Å²) in [6.07, 6.45) is 0.941. The topological polar surface area (TPSA) is 96.2 Å². The van der Waals surface area contributed by atoms with E-state index in [0.717, 1.165) is 6.42 Å². The van der Waals surface area contributed by atoms with Crippen molar-refractivity contribution < 1.29 is 9.59 Å². The van der Waals surface area contributed by atoms with Gasteiger partial charge in [0.1, 0.15) is 12.1 Å². The molecule has 6 nitrogen and oxygen atoms in total. The highest BCUT2D eigenvalue weighted by molar-refractivity contribution is 5.97. The molecule has 0 saturated heterocycles. The highest BCUT2D eigenvalue weighted by atomic mass is 16.2. The fourth-order valence-electron chi connectivity index (χ4n) is 2.18. The number of rotatable bonds is 8.